The minimum Gasteiger partial charge on any atom is -0.493 e. The van der Waals surface area contributed by atoms with Crippen LogP contribution in [0.1, 0.15) is 5.56 Å². The van der Waals surface area contributed by atoms with E-state index in [1.165, 1.54) is 49.6 Å². The third-order valence-electron chi connectivity index (χ3n) is 3.94. The molecule has 0 spiro atoms. The number of aromatic nitrogens is 1. The zero-order chi connectivity index (χ0) is 20.8. The molecular formula is C21H17F3N2O3. The second kappa shape index (κ2) is 9.01. The van der Waals surface area contributed by atoms with Gasteiger partial charge in [0.2, 0.25) is 5.91 Å². The fourth-order valence-corrected chi connectivity index (χ4v) is 2.60. The molecule has 1 amide bonds. The average molecular weight is 402 g/mol. The van der Waals surface area contributed by atoms with Crippen molar-refractivity contribution in [3.8, 4) is 17.2 Å². The highest BCUT2D eigenvalue weighted by Crippen LogP contribution is 2.30. The Kier molecular flexibility index (Phi) is 6.23. The van der Waals surface area contributed by atoms with Crippen molar-refractivity contribution < 1.29 is 27.4 Å². The summed E-state index contributed by atoms with van der Waals surface area (Å²) in [7, 11) is 1.31. The van der Waals surface area contributed by atoms with Crippen LogP contribution in [0.5, 0.6) is 11.5 Å². The molecule has 0 unspecified atom stereocenters. The van der Waals surface area contributed by atoms with Gasteiger partial charge in [-0.2, -0.15) is 8.78 Å². The van der Waals surface area contributed by atoms with Crippen molar-refractivity contribution >= 4 is 17.7 Å². The van der Waals surface area contributed by atoms with Gasteiger partial charge in [0.25, 0.3) is 0 Å². The van der Waals surface area contributed by atoms with Crippen LogP contribution < -0.4 is 14.8 Å². The van der Waals surface area contributed by atoms with Crippen molar-refractivity contribution in [2.75, 3.05) is 12.4 Å². The minimum atomic E-state index is -2.98. The van der Waals surface area contributed by atoms with Gasteiger partial charge in [-0.3, -0.25) is 4.79 Å². The quantitative estimate of drug-likeness (QED) is 0.573. The van der Waals surface area contributed by atoms with Crippen molar-refractivity contribution in [2.45, 2.75) is 6.61 Å². The van der Waals surface area contributed by atoms with Gasteiger partial charge in [-0.1, -0.05) is 6.07 Å². The molecule has 1 aromatic heterocycles. The smallest absolute Gasteiger partial charge is 0.387 e. The van der Waals surface area contributed by atoms with E-state index in [4.69, 9.17) is 4.74 Å². The standard InChI is InChI=1S/C21H17F3N2O3/c1-28-19-12-14(4-8-18(19)29-21(23)24)5-9-20(27)25-17-13-15(6-7-16(17)22)26-10-2-3-11-26/h2-13,21H,1H3,(H,25,27)/b9-5+. The largest absolute Gasteiger partial charge is 0.493 e. The first-order chi connectivity index (χ1) is 14.0. The number of benzene rings is 2. The van der Waals surface area contributed by atoms with E-state index >= 15 is 0 Å². The minimum absolute atomic E-state index is 0.0316. The molecule has 150 valence electrons. The Morgan fingerprint density at radius 2 is 1.86 bits per heavy atom. The van der Waals surface area contributed by atoms with E-state index in [1.54, 1.807) is 23.0 Å². The van der Waals surface area contributed by atoms with Crippen LogP contribution in [0.25, 0.3) is 11.8 Å². The maximum atomic E-state index is 14.0. The Morgan fingerprint density at radius 3 is 2.55 bits per heavy atom. The van der Waals surface area contributed by atoms with Crippen LogP contribution in [0.2, 0.25) is 0 Å². The molecule has 3 aromatic rings. The molecular weight excluding hydrogens is 385 g/mol. The Bertz CT molecular complexity index is 1020. The number of anilines is 1. The number of nitrogens with one attached hydrogen (secondary N) is 1. The van der Waals surface area contributed by atoms with Crippen molar-refractivity contribution in [2.24, 2.45) is 0 Å². The molecule has 0 fully saturated rings. The number of halogens is 3. The molecule has 2 aromatic carbocycles. The topological polar surface area (TPSA) is 52.5 Å². The molecule has 0 saturated carbocycles. The van der Waals surface area contributed by atoms with Crippen molar-refractivity contribution in [1.82, 2.24) is 4.57 Å². The van der Waals surface area contributed by atoms with E-state index in [0.29, 0.717) is 11.3 Å². The second-order valence-electron chi connectivity index (χ2n) is 5.87. The molecule has 5 nitrogen and oxygen atoms in total. The number of rotatable bonds is 7. The second-order valence-corrected chi connectivity index (χ2v) is 5.87. The summed E-state index contributed by atoms with van der Waals surface area (Å²) in [5, 5.41) is 2.48. The monoisotopic (exact) mass is 402 g/mol. The number of carbonyl (C=O) groups is 1. The van der Waals surface area contributed by atoms with Gasteiger partial charge in [-0.05, 0) is 54.1 Å². The van der Waals surface area contributed by atoms with Crippen LogP contribution >= 0.6 is 0 Å². The molecule has 0 bridgehead atoms. The van der Waals surface area contributed by atoms with E-state index in [0.717, 1.165) is 0 Å². The molecule has 1 heterocycles. The van der Waals surface area contributed by atoms with E-state index in [2.05, 4.69) is 10.1 Å². The summed E-state index contributed by atoms with van der Waals surface area (Å²) in [4.78, 5) is 12.2. The summed E-state index contributed by atoms with van der Waals surface area (Å²) in [6.07, 6.45) is 6.24. The molecule has 29 heavy (non-hydrogen) atoms. The molecule has 1 N–H and O–H groups in total. The number of hydrogen-bond acceptors (Lipinski definition) is 3. The van der Waals surface area contributed by atoms with Crippen LogP contribution in [-0.4, -0.2) is 24.2 Å². The Morgan fingerprint density at radius 1 is 1.10 bits per heavy atom. The molecule has 0 radical (unpaired) electrons. The van der Waals surface area contributed by atoms with Crippen molar-refractivity contribution in [1.29, 1.82) is 0 Å². The molecule has 3 rings (SSSR count). The highest BCUT2D eigenvalue weighted by atomic mass is 19.3. The van der Waals surface area contributed by atoms with E-state index in [1.807, 2.05) is 12.1 Å². The summed E-state index contributed by atoms with van der Waals surface area (Å²) in [6, 6.07) is 12.3. The third kappa shape index (κ3) is 5.19. The highest BCUT2D eigenvalue weighted by molar-refractivity contribution is 6.02. The SMILES string of the molecule is COc1cc(/C=C/C(=O)Nc2cc(-n3cccc3)ccc2F)ccc1OC(F)F. The first-order valence-corrected chi connectivity index (χ1v) is 8.51. The first kappa shape index (κ1) is 20.1. The molecule has 8 heteroatoms. The summed E-state index contributed by atoms with van der Waals surface area (Å²) in [5.74, 6) is -1.15. The number of alkyl halides is 2. The fourth-order valence-electron chi connectivity index (χ4n) is 2.60. The lowest BCUT2D eigenvalue weighted by Gasteiger charge is -2.10. The zero-order valence-electron chi connectivity index (χ0n) is 15.3. The zero-order valence-corrected chi connectivity index (χ0v) is 15.3. The normalized spacial score (nSPS) is 11.1. The molecule has 0 aliphatic carbocycles. The number of methoxy groups -OCH3 is 1. The van der Waals surface area contributed by atoms with E-state index < -0.39 is 18.3 Å². The van der Waals surface area contributed by atoms with E-state index in [9.17, 15) is 18.0 Å². The number of ether oxygens (including phenoxy) is 2. The predicted molar refractivity (Wildman–Crippen MR) is 103 cm³/mol. The number of hydrogen-bond donors (Lipinski definition) is 1. The van der Waals surface area contributed by atoms with Gasteiger partial charge in [0.15, 0.2) is 11.5 Å². The summed E-state index contributed by atoms with van der Waals surface area (Å²) >= 11 is 0. The maximum absolute atomic E-state index is 14.0. The molecule has 0 aliphatic rings. The van der Waals surface area contributed by atoms with Gasteiger partial charge in [0, 0.05) is 24.2 Å². The Hall–Kier alpha value is -3.68. The van der Waals surface area contributed by atoms with Crippen LogP contribution in [0, 0.1) is 5.82 Å². The Labute approximate surface area is 165 Å². The maximum Gasteiger partial charge on any atom is 0.387 e. The third-order valence-corrected chi connectivity index (χ3v) is 3.94. The van der Waals surface area contributed by atoms with Crippen LogP contribution in [0.3, 0.4) is 0 Å². The van der Waals surface area contributed by atoms with Gasteiger partial charge in [0.1, 0.15) is 5.82 Å². The van der Waals surface area contributed by atoms with Gasteiger partial charge >= 0.3 is 6.61 Å². The first-order valence-electron chi connectivity index (χ1n) is 8.51. The molecule has 0 aliphatic heterocycles. The van der Waals surface area contributed by atoms with E-state index in [-0.39, 0.29) is 17.2 Å². The van der Waals surface area contributed by atoms with Crippen LogP contribution in [-0.2, 0) is 4.79 Å². The summed E-state index contributed by atoms with van der Waals surface area (Å²) in [6.45, 7) is -2.98. The Balaban J connectivity index is 1.72. The number of amides is 1. The van der Waals surface area contributed by atoms with Crippen molar-refractivity contribution in [3.63, 3.8) is 0 Å². The number of nitrogens with zero attached hydrogens (tertiary/aromatic N) is 1. The highest BCUT2D eigenvalue weighted by Gasteiger charge is 2.11. The van der Waals surface area contributed by atoms with Gasteiger partial charge in [-0.25, -0.2) is 4.39 Å². The van der Waals surface area contributed by atoms with Gasteiger partial charge in [0.05, 0.1) is 12.8 Å². The molecule has 0 atom stereocenters. The summed E-state index contributed by atoms with van der Waals surface area (Å²) < 4.78 is 49.9. The van der Waals surface area contributed by atoms with Gasteiger partial charge < -0.3 is 19.4 Å². The summed E-state index contributed by atoms with van der Waals surface area (Å²) in [5.41, 5.74) is 1.24. The fraction of sp³-hybridized carbons (Fsp3) is 0.0952. The van der Waals surface area contributed by atoms with Crippen molar-refractivity contribution in [3.05, 3.63) is 78.4 Å². The predicted octanol–water partition coefficient (Wildman–Crippen LogP) is 4.88. The number of carbonyl (C=O) groups excluding carboxylic acids is 1. The average Bonchev–Trinajstić information content (AvgIpc) is 3.23. The van der Waals surface area contributed by atoms with Crippen LogP contribution in [0.4, 0.5) is 18.9 Å². The lowest BCUT2D eigenvalue weighted by molar-refractivity contribution is -0.111. The van der Waals surface area contributed by atoms with Gasteiger partial charge in [-0.15, -0.1) is 0 Å². The lowest BCUT2D eigenvalue weighted by Crippen LogP contribution is -2.10. The lowest BCUT2D eigenvalue weighted by atomic mass is 10.2. The van der Waals surface area contributed by atoms with Crippen LogP contribution in [0.15, 0.2) is 67.0 Å². The molecule has 0 saturated heterocycles.